The predicted octanol–water partition coefficient (Wildman–Crippen LogP) is 2.55. The fourth-order valence-corrected chi connectivity index (χ4v) is 1.54. The van der Waals surface area contributed by atoms with Gasteiger partial charge in [0.2, 0.25) is 0 Å². The van der Waals surface area contributed by atoms with Crippen LogP contribution in [0, 0.1) is 0 Å². The van der Waals surface area contributed by atoms with Gasteiger partial charge in [-0.15, -0.1) is 0 Å². The molecule has 0 bridgehead atoms. The smallest absolute Gasteiger partial charge is 0.290 e. The molecular formula is C11H16BBrO2. The maximum absolute atomic E-state index is 9.21. The Morgan fingerprint density at radius 3 is 2.53 bits per heavy atom. The number of hydrogen-bond acceptors (Lipinski definition) is 2. The minimum Gasteiger partial charge on any atom is -0.494 e. The molecule has 0 saturated carbocycles. The van der Waals surface area contributed by atoms with Crippen LogP contribution in [-0.4, -0.2) is 23.9 Å². The van der Waals surface area contributed by atoms with Gasteiger partial charge < -0.3 is 9.76 Å². The van der Waals surface area contributed by atoms with Gasteiger partial charge in [-0.2, -0.15) is 0 Å². The molecule has 1 aromatic carbocycles. The van der Waals surface area contributed by atoms with E-state index in [4.69, 9.17) is 4.74 Å². The number of benzene rings is 1. The van der Waals surface area contributed by atoms with Crippen molar-refractivity contribution in [3.05, 3.63) is 29.8 Å². The highest BCUT2D eigenvalue weighted by Gasteiger charge is 2.03. The zero-order valence-corrected chi connectivity index (χ0v) is 10.5. The zero-order chi connectivity index (χ0) is 11.1. The van der Waals surface area contributed by atoms with E-state index < -0.39 is 0 Å². The van der Waals surface area contributed by atoms with E-state index in [9.17, 15) is 5.02 Å². The van der Waals surface area contributed by atoms with Crippen LogP contribution in [0.1, 0.15) is 12.0 Å². The standard InChI is InChI=1S/C11H16BBrO2/c1-12(14)9-10-3-5-11(6-4-10)15-8-2-7-13/h3-6,14H,2,7-9H2,1H3. The SMILES string of the molecule is CB(O)Cc1ccc(OCCCBr)cc1. The Morgan fingerprint density at radius 2 is 2.00 bits per heavy atom. The average Bonchev–Trinajstić information content (AvgIpc) is 2.20. The van der Waals surface area contributed by atoms with Crippen LogP contribution in [0.2, 0.25) is 6.82 Å². The largest absolute Gasteiger partial charge is 0.494 e. The van der Waals surface area contributed by atoms with E-state index in [2.05, 4.69) is 15.9 Å². The van der Waals surface area contributed by atoms with Gasteiger partial charge >= 0.3 is 0 Å². The highest BCUT2D eigenvalue weighted by Crippen LogP contribution is 2.13. The van der Waals surface area contributed by atoms with Gasteiger partial charge in [0.1, 0.15) is 5.75 Å². The summed E-state index contributed by atoms with van der Waals surface area (Å²) in [5.41, 5.74) is 1.14. The summed E-state index contributed by atoms with van der Waals surface area (Å²) in [4.78, 5) is 0. The van der Waals surface area contributed by atoms with Crippen LogP contribution in [-0.2, 0) is 6.32 Å². The van der Waals surface area contributed by atoms with Crippen molar-refractivity contribution in [2.24, 2.45) is 0 Å². The van der Waals surface area contributed by atoms with Gasteiger partial charge in [0.25, 0.3) is 6.92 Å². The molecule has 1 rings (SSSR count). The molecule has 0 aromatic heterocycles. The number of ether oxygens (including phenoxy) is 1. The first kappa shape index (κ1) is 12.6. The van der Waals surface area contributed by atoms with Crippen molar-refractivity contribution in [2.45, 2.75) is 19.6 Å². The summed E-state index contributed by atoms with van der Waals surface area (Å²) in [6, 6.07) is 7.89. The van der Waals surface area contributed by atoms with Crippen molar-refractivity contribution >= 4 is 22.8 Å². The Bertz CT molecular complexity index is 274. The summed E-state index contributed by atoms with van der Waals surface area (Å²) in [5.74, 6) is 0.894. The van der Waals surface area contributed by atoms with E-state index >= 15 is 0 Å². The third-order valence-corrected chi connectivity index (χ3v) is 2.56. The lowest BCUT2D eigenvalue weighted by Crippen LogP contribution is -2.10. The third kappa shape index (κ3) is 5.23. The zero-order valence-electron chi connectivity index (χ0n) is 8.95. The first-order valence-corrected chi connectivity index (χ1v) is 6.30. The molecular weight excluding hydrogens is 255 g/mol. The van der Waals surface area contributed by atoms with E-state index in [1.807, 2.05) is 24.3 Å². The molecule has 0 fully saturated rings. The van der Waals surface area contributed by atoms with E-state index in [1.165, 1.54) is 0 Å². The predicted molar refractivity (Wildman–Crippen MR) is 67.9 cm³/mol. The summed E-state index contributed by atoms with van der Waals surface area (Å²) in [7, 11) is 0. The van der Waals surface area contributed by atoms with E-state index in [1.54, 1.807) is 6.82 Å². The van der Waals surface area contributed by atoms with E-state index in [-0.39, 0.29) is 6.92 Å². The molecule has 0 aliphatic heterocycles. The molecule has 1 aromatic rings. The van der Waals surface area contributed by atoms with Gasteiger partial charge in [-0.3, -0.25) is 0 Å². The van der Waals surface area contributed by atoms with Crippen LogP contribution >= 0.6 is 15.9 Å². The lowest BCUT2D eigenvalue weighted by Gasteiger charge is -2.06. The number of rotatable bonds is 6. The van der Waals surface area contributed by atoms with Gasteiger partial charge in [-0.25, -0.2) is 0 Å². The molecule has 15 heavy (non-hydrogen) atoms. The molecule has 82 valence electrons. The van der Waals surface area contributed by atoms with Crippen LogP contribution in [0.4, 0.5) is 0 Å². The van der Waals surface area contributed by atoms with Gasteiger partial charge in [0.15, 0.2) is 0 Å². The van der Waals surface area contributed by atoms with Crippen LogP contribution in [0.15, 0.2) is 24.3 Å². The topological polar surface area (TPSA) is 29.5 Å². The maximum atomic E-state index is 9.21. The van der Waals surface area contributed by atoms with Crippen molar-refractivity contribution in [1.29, 1.82) is 0 Å². The van der Waals surface area contributed by atoms with Crippen molar-refractivity contribution in [3.8, 4) is 5.75 Å². The van der Waals surface area contributed by atoms with Gasteiger partial charge in [-0.1, -0.05) is 40.4 Å². The number of hydrogen-bond donors (Lipinski definition) is 1. The van der Waals surface area contributed by atoms with Gasteiger partial charge in [0.05, 0.1) is 6.61 Å². The first-order chi connectivity index (χ1) is 7.22. The minimum atomic E-state index is -0.287. The van der Waals surface area contributed by atoms with Crippen LogP contribution in [0.5, 0.6) is 5.75 Å². The summed E-state index contributed by atoms with van der Waals surface area (Å²) < 4.78 is 5.51. The molecule has 0 amide bonds. The van der Waals surface area contributed by atoms with Crippen LogP contribution < -0.4 is 4.74 Å². The maximum Gasteiger partial charge on any atom is 0.290 e. The number of halogens is 1. The third-order valence-electron chi connectivity index (χ3n) is 2.00. The summed E-state index contributed by atoms with van der Waals surface area (Å²) in [6.07, 6.45) is 1.71. The quantitative estimate of drug-likeness (QED) is 0.489. The molecule has 0 saturated heterocycles. The van der Waals surface area contributed by atoms with Crippen molar-refractivity contribution in [3.63, 3.8) is 0 Å². The molecule has 0 aliphatic rings. The summed E-state index contributed by atoms with van der Waals surface area (Å²) >= 11 is 3.35. The number of alkyl halides is 1. The minimum absolute atomic E-state index is 0.287. The highest BCUT2D eigenvalue weighted by atomic mass is 79.9. The van der Waals surface area contributed by atoms with Crippen molar-refractivity contribution in [1.82, 2.24) is 0 Å². The Kier molecular flexibility index (Phi) is 5.80. The Morgan fingerprint density at radius 1 is 1.33 bits per heavy atom. The fraction of sp³-hybridized carbons (Fsp3) is 0.455. The molecule has 0 unspecified atom stereocenters. The molecule has 1 N–H and O–H groups in total. The fourth-order valence-electron chi connectivity index (χ4n) is 1.31. The summed E-state index contributed by atoms with van der Waals surface area (Å²) in [6.45, 7) is 2.24. The summed E-state index contributed by atoms with van der Waals surface area (Å²) in [5, 5.41) is 10.2. The second-order valence-corrected chi connectivity index (χ2v) is 4.38. The van der Waals surface area contributed by atoms with Gasteiger partial charge in [0, 0.05) is 5.33 Å². The Labute approximate surface area is 99.9 Å². The Hall–Kier alpha value is -0.475. The Balaban J connectivity index is 2.42. The lowest BCUT2D eigenvalue weighted by atomic mass is 9.66. The van der Waals surface area contributed by atoms with Crippen LogP contribution in [0.3, 0.4) is 0 Å². The second kappa shape index (κ2) is 6.91. The van der Waals surface area contributed by atoms with Gasteiger partial charge in [-0.05, 0) is 24.9 Å². The molecule has 0 radical (unpaired) electrons. The molecule has 0 spiro atoms. The van der Waals surface area contributed by atoms with Crippen LogP contribution in [0.25, 0.3) is 0 Å². The van der Waals surface area contributed by atoms with E-state index in [0.29, 0.717) is 6.32 Å². The van der Waals surface area contributed by atoms with Crippen molar-refractivity contribution < 1.29 is 9.76 Å². The molecule has 0 heterocycles. The first-order valence-electron chi connectivity index (χ1n) is 5.18. The van der Waals surface area contributed by atoms with E-state index in [0.717, 1.165) is 29.7 Å². The normalized spacial score (nSPS) is 10.1. The second-order valence-electron chi connectivity index (χ2n) is 3.59. The molecule has 0 atom stereocenters. The average molecular weight is 271 g/mol. The monoisotopic (exact) mass is 270 g/mol. The highest BCUT2D eigenvalue weighted by molar-refractivity contribution is 9.09. The lowest BCUT2D eigenvalue weighted by molar-refractivity contribution is 0.319. The molecule has 4 heteroatoms. The van der Waals surface area contributed by atoms with Crippen molar-refractivity contribution in [2.75, 3.05) is 11.9 Å². The molecule has 2 nitrogen and oxygen atoms in total. The molecule has 0 aliphatic carbocycles.